The highest BCUT2D eigenvalue weighted by molar-refractivity contribution is 5.74. The molecule has 2 heterocycles. The molecule has 2 aliphatic rings. The average molecular weight is 367 g/mol. The Bertz CT molecular complexity index is 404. The van der Waals surface area contributed by atoms with Gasteiger partial charge < -0.3 is 20.4 Å². The number of urea groups is 2. The molecule has 0 aliphatic carbocycles. The van der Waals surface area contributed by atoms with Gasteiger partial charge in [0.15, 0.2) is 0 Å². The number of hydrogen-bond donors (Lipinski definition) is 2. The molecule has 2 saturated heterocycles. The molecule has 150 valence electrons. The highest BCUT2D eigenvalue weighted by Crippen LogP contribution is 2.16. The molecule has 2 atom stereocenters. The van der Waals surface area contributed by atoms with Gasteiger partial charge in [-0.3, -0.25) is 0 Å². The van der Waals surface area contributed by atoms with Crippen molar-refractivity contribution in [2.45, 2.75) is 65.2 Å². The number of piperidine rings is 2. The summed E-state index contributed by atoms with van der Waals surface area (Å²) in [7, 11) is 0. The number of nitrogens with zero attached hydrogens (tertiary/aromatic N) is 2. The number of likely N-dealkylation sites (tertiary alicyclic amines) is 2. The Kier molecular flexibility index (Phi) is 9.06. The van der Waals surface area contributed by atoms with E-state index in [1.807, 2.05) is 9.80 Å². The summed E-state index contributed by atoms with van der Waals surface area (Å²) in [6.45, 7) is 9.50. The Labute approximate surface area is 159 Å². The molecule has 0 aromatic heterocycles. The maximum Gasteiger partial charge on any atom is 0.317 e. The molecule has 0 bridgehead atoms. The van der Waals surface area contributed by atoms with Gasteiger partial charge in [-0.25, -0.2) is 9.59 Å². The van der Waals surface area contributed by atoms with E-state index in [2.05, 4.69) is 24.5 Å². The van der Waals surface area contributed by atoms with Crippen LogP contribution >= 0.6 is 0 Å². The topological polar surface area (TPSA) is 64.7 Å². The van der Waals surface area contributed by atoms with E-state index in [0.29, 0.717) is 11.8 Å². The van der Waals surface area contributed by atoms with Gasteiger partial charge in [0.25, 0.3) is 0 Å². The van der Waals surface area contributed by atoms with E-state index >= 15 is 0 Å². The fourth-order valence-electron chi connectivity index (χ4n) is 3.97. The summed E-state index contributed by atoms with van der Waals surface area (Å²) in [4.78, 5) is 28.1. The van der Waals surface area contributed by atoms with Crippen LogP contribution in [0.15, 0.2) is 0 Å². The molecule has 6 heteroatoms. The Hall–Kier alpha value is -1.46. The zero-order valence-corrected chi connectivity index (χ0v) is 16.8. The van der Waals surface area contributed by atoms with Crippen LogP contribution in [0.1, 0.15) is 65.2 Å². The number of nitrogens with one attached hydrogen (secondary N) is 2. The van der Waals surface area contributed by atoms with Crippen LogP contribution in [0, 0.1) is 11.8 Å². The Morgan fingerprint density at radius 2 is 1.19 bits per heavy atom. The number of hydrogen-bond acceptors (Lipinski definition) is 2. The molecule has 2 rings (SSSR count). The van der Waals surface area contributed by atoms with Gasteiger partial charge in [-0.1, -0.05) is 26.7 Å². The number of rotatable bonds is 7. The van der Waals surface area contributed by atoms with Crippen molar-refractivity contribution in [1.82, 2.24) is 20.4 Å². The van der Waals surface area contributed by atoms with E-state index in [9.17, 15) is 9.59 Å². The van der Waals surface area contributed by atoms with Gasteiger partial charge in [-0.2, -0.15) is 0 Å². The lowest BCUT2D eigenvalue weighted by Crippen LogP contribution is -2.45. The van der Waals surface area contributed by atoms with Crippen molar-refractivity contribution >= 4 is 12.1 Å². The third-order valence-corrected chi connectivity index (χ3v) is 5.54. The molecular weight excluding hydrogens is 328 g/mol. The Balaban J connectivity index is 1.43. The first-order valence-corrected chi connectivity index (χ1v) is 10.6. The maximum atomic E-state index is 12.1. The van der Waals surface area contributed by atoms with Crippen LogP contribution in [0.3, 0.4) is 0 Å². The zero-order valence-electron chi connectivity index (χ0n) is 16.8. The van der Waals surface area contributed by atoms with Crippen LogP contribution < -0.4 is 10.6 Å². The second kappa shape index (κ2) is 11.3. The number of unbranched alkanes of at least 4 members (excludes halogenated alkanes) is 3. The Morgan fingerprint density at radius 1 is 0.769 bits per heavy atom. The monoisotopic (exact) mass is 366 g/mol. The van der Waals surface area contributed by atoms with Gasteiger partial charge in [0.1, 0.15) is 0 Å². The average Bonchev–Trinajstić information content (AvgIpc) is 2.63. The highest BCUT2D eigenvalue weighted by atomic mass is 16.2. The standard InChI is InChI=1S/C20H38N4O2/c1-17-9-7-13-23(15-17)19(25)21-11-5-3-4-6-12-22-20(26)24-14-8-10-18(2)16-24/h17-18H,3-16H2,1-2H3,(H,21,25)(H,22,26). The van der Waals surface area contributed by atoms with Crippen LogP contribution in [0.2, 0.25) is 0 Å². The molecular formula is C20H38N4O2. The molecule has 2 fully saturated rings. The number of carbonyl (C=O) groups is 2. The molecule has 2 unspecified atom stereocenters. The first kappa shape index (κ1) is 20.8. The summed E-state index contributed by atoms with van der Waals surface area (Å²) in [5, 5.41) is 6.08. The quantitative estimate of drug-likeness (QED) is 0.678. The molecule has 0 radical (unpaired) electrons. The fourth-order valence-corrected chi connectivity index (χ4v) is 3.97. The van der Waals surface area contributed by atoms with E-state index in [4.69, 9.17) is 0 Å². The molecule has 0 saturated carbocycles. The van der Waals surface area contributed by atoms with E-state index in [0.717, 1.165) is 77.8 Å². The zero-order chi connectivity index (χ0) is 18.8. The first-order chi connectivity index (χ1) is 12.6. The van der Waals surface area contributed by atoms with Gasteiger partial charge >= 0.3 is 12.1 Å². The van der Waals surface area contributed by atoms with Crippen molar-refractivity contribution in [3.05, 3.63) is 0 Å². The molecule has 2 N–H and O–H groups in total. The van der Waals surface area contributed by atoms with Crippen LogP contribution in [0.5, 0.6) is 0 Å². The number of carbonyl (C=O) groups excluding carboxylic acids is 2. The normalized spacial score (nSPS) is 23.6. The van der Waals surface area contributed by atoms with Crippen molar-refractivity contribution in [2.75, 3.05) is 39.3 Å². The molecule has 2 aliphatic heterocycles. The second-order valence-corrected chi connectivity index (χ2v) is 8.26. The lowest BCUT2D eigenvalue weighted by atomic mass is 10.0. The van der Waals surface area contributed by atoms with Crippen molar-refractivity contribution in [3.63, 3.8) is 0 Å². The van der Waals surface area contributed by atoms with E-state index in [1.54, 1.807) is 0 Å². The van der Waals surface area contributed by atoms with Gasteiger partial charge in [0.05, 0.1) is 0 Å². The van der Waals surface area contributed by atoms with Crippen LogP contribution in [0.4, 0.5) is 9.59 Å². The van der Waals surface area contributed by atoms with Gasteiger partial charge in [0, 0.05) is 39.3 Å². The van der Waals surface area contributed by atoms with Crippen molar-refractivity contribution in [3.8, 4) is 0 Å². The van der Waals surface area contributed by atoms with Crippen LogP contribution in [0.25, 0.3) is 0 Å². The molecule has 0 aromatic rings. The smallest absolute Gasteiger partial charge is 0.317 e. The fraction of sp³-hybridized carbons (Fsp3) is 0.900. The van der Waals surface area contributed by atoms with Gasteiger partial charge in [-0.05, 0) is 50.4 Å². The minimum atomic E-state index is 0.0968. The summed E-state index contributed by atoms with van der Waals surface area (Å²) < 4.78 is 0. The lowest BCUT2D eigenvalue weighted by Gasteiger charge is -2.31. The van der Waals surface area contributed by atoms with Crippen molar-refractivity contribution in [2.24, 2.45) is 11.8 Å². The van der Waals surface area contributed by atoms with Crippen molar-refractivity contribution in [1.29, 1.82) is 0 Å². The SMILES string of the molecule is CC1CCCN(C(=O)NCCCCCCNC(=O)N2CCCC(C)C2)C1. The first-order valence-electron chi connectivity index (χ1n) is 10.6. The van der Waals surface area contributed by atoms with E-state index in [1.165, 1.54) is 12.8 Å². The van der Waals surface area contributed by atoms with E-state index < -0.39 is 0 Å². The van der Waals surface area contributed by atoms with Crippen molar-refractivity contribution < 1.29 is 9.59 Å². The van der Waals surface area contributed by atoms with Gasteiger partial charge in [-0.15, -0.1) is 0 Å². The molecule has 6 nitrogen and oxygen atoms in total. The minimum Gasteiger partial charge on any atom is -0.338 e. The second-order valence-electron chi connectivity index (χ2n) is 8.26. The molecule has 0 spiro atoms. The summed E-state index contributed by atoms with van der Waals surface area (Å²) in [6.07, 6.45) is 8.90. The summed E-state index contributed by atoms with van der Waals surface area (Å²) in [5.41, 5.74) is 0. The highest BCUT2D eigenvalue weighted by Gasteiger charge is 2.21. The largest absolute Gasteiger partial charge is 0.338 e. The molecule has 4 amide bonds. The third-order valence-electron chi connectivity index (χ3n) is 5.54. The summed E-state index contributed by atoms with van der Waals surface area (Å²) in [5.74, 6) is 1.25. The van der Waals surface area contributed by atoms with Gasteiger partial charge in [0.2, 0.25) is 0 Å². The lowest BCUT2D eigenvalue weighted by molar-refractivity contribution is 0.169. The maximum absolute atomic E-state index is 12.1. The van der Waals surface area contributed by atoms with E-state index in [-0.39, 0.29) is 12.1 Å². The number of amides is 4. The molecule has 0 aromatic carbocycles. The minimum absolute atomic E-state index is 0.0968. The molecule has 26 heavy (non-hydrogen) atoms. The Morgan fingerprint density at radius 3 is 1.58 bits per heavy atom. The third kappa shape index (κ3) is 7.42. The predicted octanol–water partition coefficient (Wildman–Crippen LogP) is 3.43. The van der Waals surface area contributed by atoms with Crippen LogP contribution in [-0.4, -0.2) is 61.1 Å². The summed E-state index contributed by atoms with van der Waals surface area (Å²) in [6, 6.07) is 0.194. The predicted molar refractivity (Wildman–Crippen MR) is 105 cm³/mol. The summed E-state index contributed by atoms with van der Waals surface area (Å²) >= 11 is 0. The van der Waals surface area contributed by atoms with Crippen LogP contribution in [-0.2, 0) is 0 Å².